The van der Waals surface area contributed by atoms with Crippen LogP contribution in [0.1, 0.15) is 31.2 Å². The number of nitrogens with one attached hydrogen (secondary N) is 1. The molecule has 2 N–H and O–H groups in total. The molecule has 18 heavy (non-hydrogen) atoms. The molecular formula is C14H20N2O2. The minimum Gasteiger partial charge on any atom is -0.396 e. The minimum atomic E-state index is -0.0755. The Bertz CT molecular complexity index is 386. The van der Waals surface area contributed by atoms with Crippen LogP contribution in [0.5, 0.6) is 0 Å². The van der Waals surface area contributed by atoms with Crippen LogP contribution in [-0.4, -0.2) is 29.1 Å². The number of carbonyl (C=O) groups excluding carboxylic acids is 1. The third-order valence-corrected chi connectivity index (χ3v) is 3.77. The zero-order chi connectivity index (χ0) is 12.8. The van der Waals surface area contributed by atoms with Crippen molar-refractivity contribution in [2.24, 2.45) is 5.41 Å². The summed E-state index contributed by atoms with van der Waals surface area (Å²) >= 11 is 0. The van der Waals surface area contributed by atoms with Crippen molar-refractivity contribution in [3.8, 4) is 0 Å². The van der Waals surface area contributed by atoms with Crippen LogP contribution in [0.4, 0.5) is 0 Å². The van der Waals surface area contributed by atoms with E-state index in [1.165, 1.54) is 0 Å². The normalized spacial score (nSPS) is 17.6. The standard InChI is InChI=1S/C14H20N2O2/c17-11-14(5-1-2-6-14)10-16-13(18)9-12-3-7-15-8-4-12/h3-4,7-8,17H,1-2,5-6,9-11H2,(H,16,18). The number of carbonyl (C=O) groups is 1. The molecule has 2 rings (SSSR count). The van der Waals surface area contributed by atoms with Crippen LogP contribution in [-0.2, 0) is 11.2 Å². The largest absolute Gasteiger partial charge is 0.396 e. The van der Waals surface area contributed by atoms with E-state index in [1.807, 2.05) is 12.1 Å². The zero-order valence-electron chi connectivity index (χ0n) is 10.6. The summed E-state index contributed by atoms with van der Waals surface area (Å²) in [6.45, 7) is 0.760. The van der Waals surface area contributed by atoms with Crippen LogP contribution in [0.2, 0.25) is 0 Å². The molecule has 1 aromatic heterocycles. The molecule has 0 spiro atoms. The van der Waals surface area contributed by atoms with Crippen molar-refractivity contribution < 1.29 is 9.90 Å². The summed E-state index contributed by atoms with van der Waals surface area (Å²) in [5, 5.41) is 12.4. The van der Waals surface area contributed by atoms with Gasteiger partial charge in [0.2, 0.25) is 5.91 Å². The fraction of sp³-hybridized carbons (Fsp3) is 0.571. The van der Waals surface area contributed by atoms with Gasteiger partial charge in [0.1, 0.15) is 0 Å². The first-order valence-corrected chi connectivity index (χ1v) is 6.51. The van der Waals surface area contributed by atoms with Gasteiger partial charge in [-0.2, -0.15) is 0 Å². The molecule has 0 saturated heterocycles. The second kappa shape index (κ2) is 5.96. The molecule has 1 fully saturated rings. The Morgan fingerprint density at radius 2 is 2.00 bits per heavy atom. The zero-order valence-corrected chi connectivity index (χ0v) is 10.6. The Morgan fingerprint density at radius 1 is 1.33 bits per heavy atom. The van der Waals surface area contributed by atoms with Gasteiger partial charge in [-0.25, -0.2) is 0 Å². The van der Waals surface area contributed by atoms with Crippen molar-refractivity contribution in [3.05, 3.63) is 30.1 Å². The van der Waals surface area contributed by atoms with Crippen LogP contribution in [0.25, 0.3) is 0 Å². The number of rotatable bonds is 5. The first kappa shape index (κ1) is 13.0. The van der Waals surface area contributed by atoms with Crippen molar-refractivity contribution in [1.82, 2.24) is 10.3 Å². The van der Waals surface area contributed by atoms with Gasteiger partial charge < -0.3 is 10.4 Å². The summed E-state index contributed by atoms with van der Waals surface area (Å²) in [7, 11) is 0. The minimum absolute atomic E-state index is 0.0147. The number of hydrogen-bond acceptors (Lipinski definition) is 3. The Kier molecular flexibility index (Phi) is 4.31. The van der Waals surface area contributed by atoms with Gasteiger partial charge in [0.25, 0.3) is 0 Å². The quantitative estimate of drug-likeness (QED) is 0.825. The van der Waals surface area contributed by atoms with E-state index in [0.29, 0.717) is 13.0 Å². The van der Waals surface area contributed by atoms with Crippen LogP contribution < -0.4 is 5.32 Å². The lowest BCUT2D eigenvalue weighted by atomic mass is 9.87. The number of pyridine rings is 1. The molecule has 1 aliphatic carbocycles. The van der Waals surface area contributed by atoms with Gasteiger partial charge in [-0.05, 0) is 30.5 Å². The fourth-order valence-electron chi connectivity index (χ4n) is 2.55. The molecule has 0 unspecified atom stereocenters. The number of aliphatic hydroxyl groups excluding tert-OH is 1. The predicted molar refractivity (Wildman–Crippen MR) is 68.9 cm³/mol. The number of hydrogen-bond donors (Lipinski definition) is 2. The highest BCUT2D eigenvalue weighted by molar-refractivity contribution is 5.78. The third kappa shape index (κ3) is 3.29. The van der Waals surface area contributed by atoms with Gasteiger partial charge >= 0.3 is 0 Å². The van der Waals surface area contributed by atoms with Crippen molar-refractivity contribution in [1.29, 1.82) is 0 Å². The summed E-state index contributed by atoms with van der Waals surface area (Å²) in [5.41, 5.74) is 0.889. The van der Waals surface area contributed by atoms with Crippen LogP contribution in [0.15, 0.2) is 24.5 Å². The molecular weight excluding hydrogens is 228 g/mol. The number of nitrogens with zero attached hydrogens (tertiary/aromatic N) is 1. The molecule has 98 valence electrons. The fourth-order valence-corrected chi connectivity index (χ4v) is 2.55. The lowest BCUT2D eigenvalue weighted by Crippen LogP contribution is -2.38. The molecule has 1 heterocycles. The smallest absolute Gasteiger partial charge is 0.224 e. The molecule has 0 aromatic carbocycles. The number of aliphatic hydroxyl groups is 1. The molecule has 1 aromatic rings. The Balaban J connectivity index is 1.81. The number of amides is 1. The predicted octanol–water partition coefficient (Wildman–Crippen LogP) is 1.29. The van der Waals surface area contributed by atoms with E-state index >= 15 is 0 Å². The maximum Gasteiger partial charge on any atom is 0.224 e. The highest BCUT2D eigenvalue weighted by atomic mass is 16.3. The third-order valence-electron chi connectivity index (χ3n) is 3.77. The van der Waals surface area contributed by atoms with E-state index < -0.39 is 0 Å². The van der Waals surface area contributed by atoms with E-state index in [9.17, 15) is 9.90 Å². The summed E-state index contributed by atoms with van der Waals surface area (Å²) in [6, 6.07) is 3.69. The topological polar surface area (TPSA) is 62.2 Å². The van der Waals surface area contributed by atoms with Crippen LogP contribution >= 0.6 is 0 Å². The van der Waals surface area contributed by atoms with E-state index in [0.717, 1.165) is 31.2 Å². The lowest BCUT2D eigenvalue weighted by molar-refractivity contribution is -0.121. The maximum atomic E-state index is 11.8. The van der Waals surface area contributed by atoms with E-state index in [2.05, 4.69) is 10.3 Å². The summed E-state index contributed by atoms with van der Waals surface area (Å²) in [4.78, 5) is 15.7. The average Bonchev–Trinajstić information content (AvgIpc) is 2.87. The summed E-state index contributed by atoms with van der Waals surface area (Å²) < 4.78 is 0. The van der Waals surface area contributed by atoms with Crippen molar-refractivity contribution in [2.45, 2.75) is 32.1 Å². The summed E-state index contributed by atoms with van der Waals surface area (Å²) in [6.07, 6.45) is 8.09. The van der Waals surface area contributed by atoms with Gasteiger partial charge in [0.15, 0.2) is 0 Å². The molecule has 4 heteroatoms. The second-order valence-corrected chi connectivity index (χ2v) is 5.17. The van der Waals surface area contributed by atoms with E-state index in [4.69, 9.17) is 0 Å². The first-order valence-electron chi connectivity index (χ1n) is 6.51. The van der Waals surface area contributed by atoms with Crippen molar-refractivity contribution in [2.75, 3.05) is 13.2 Å². The Labute approximate surface area is 107 Å². The highest BCUT2D eigenvalue weighted by Gasteiger charge is 2.33. The maximum absolute atomic E-state index is 11.8. The molecule has 1 saturated carbocycles. The Morgan fingerprint density at radius 3 is 2.61 bits per heavy atom. The SMILES string of the molecule is O=C(Cc1ccncc1)NCC1(CO)CCCC1. The van der Waals surface area contributed by atoms with Gasteiger partial charge in [0.05, 0.1) is 13.0 Å². The summed E-state index contributed by atoms with van der Waals surface area (Å²) in [5.74, 6) is 0.0147. The second-order valence-electron chi connectivity index (χ2n) is 5.17. The molecule has 4 nitrogen and oxygen atoms in total. The van der Waals surface area contributed by atoms with E-state index in [-0.39, 0.29) is 17.9 Å². The van der Waals surface area contributed by atoms with Crippen molar-refractivity contribution >= 4 is 5.91 Å². The van der Waals surface area contributed by atoms with Crippen LogP contribution in [0, 0.1) is 5.41 Å². The Hall–Kier alpha value is -1.42. The average molecular weight is 248 g/mol. The van der Waals surface area contributed by atoms with Crippen LogP contribution in [0.3, 0.4) is 0 Å². The molecule has 0 bridgehead atoms. The van der Waals surface area contributed by atoms with Gasteiger partial charge in [-0.15, -0.1) is 0 Å². The van der Waals surface area contributed by atoms with Gasteiger partial charge in [-0.1, -0.05) is 12.8 Å². The first-order chi connectivity index (χ1) is 8.74. The molecule has 0 atom stereocenters. The molecule has 1 aliphatic rings. The highest BCUT2D eigenvalue weighted by Crippen LogP contribution is 2.36. The molecule has 0 aliphatic heterocycles. The van der Waals surface area contributed by atoms with Gasteiger partial charge in [0, 0.05) is 24.4 Å². The molecule has 1 amide bonds. The van der Waals surface area contributed by atoms with Gasteiger partial charge in [-0.3, -0.25) is 9.78 Å². The molecule has 0 radical (unpaired) electrons. The van der Waals surface area contributed by atoms with E-state index in [1.54, 1.807) is 12.4 Å². The lowest BCUT2D eigenvalue weighted by Gasteiger charge is -2.26. The monoisotopic (exact) mass is 248 g/mol. The van der Waals surface area contributed by atoms with Crippen molar-refractivity contribution in [3.63, 3.8) is 0 Å². The number of aromatic nitrogens is 1.